The molecular weight excluding hydrogens is 427 g/mol. The van der Waals surface area contributed by atoms with Crippen LogP contribution in [0.15, 0.2) is 11.4 Å². The van der Waals surface area contributed by atoms with E-state index in [1.807, 2.05) is 18.4 Å². The van der Waals surface area contributed by atoms with Gasteiger partial charge in [0.25, 0.3) is 5.91 Å². The maximum atomic E-state index is 12.3. The predicted molar refractivity (Wildman–Crippen MR) is 114 cm³/mol. The molecule has 1 aliphatic carbocycles. The van der Waals surface area contributed by atoms with E-state index in [0.29, 0.717) is 22.7 Å². The summed E-state index contributed by atoms with van der Waals surface area (Å²) < 4.78 is 5.41. The number of aromatic nitrogens is 2. The fraction of sp³-hybridized carbons (Fsp3) is 0.588. The van der Waals surface area contributed by atoms with Gasteiger partial charge in [0.1, 0.15) is 5.01 Å². The zero-order valence-corrected chi connectivity index (χ0v) is 18.2. The third-order valence-corrected chi connectivity index (χ3v) is 6.61. The molecule has 1 aliphatic heterocycles. The number of carbonyl (C=O) groups is 1. The number of ether oxygens (including phenoxy) is 1. The van der Waals surface area contributed by atoms with Crippen LogP contribution in [-0.2, 0) is 4.74 Å². The Morgan fingerprint density at radius 1 is 1.30 bits per heavy atom. The molecule has 6 nitrogen and oxygen atoms in total. The summed E-state index contributed by atoms with van der Waals surface area (Å²) >= 11 is 3.06. The lowest BCUT2D eigenvalue weighted by atomic mass is 10.0. The van der Waals surface area contributed by atoms with Crippen molar-refractivity contribution in [3.8, 4) is 0 Å². The average molecular weight is 451 g/mol. The second kappa shape index (κ2) is 10.1. The van der Waals surface area contributed by atoms with Gasteiger partial charge in [-0.1, -0.05) is 11.3 Å². The van der Waals surface area contributed by atoms with Crippen molar-refractivity contribution in [1.29, 1.82) is 0 Å². The quantitative estimate of drug-likeness (QED) is 0.697. The van der Waals surface area contributed by atoms with E-state index in [9.17, 15) is 4.79 Å². The number of nitrogens with one attached hydrogen (secondary N) is 2. The Hall–Kier alpha value is -0.770. The molecule has 150 valence electrons. The molecular formula is C17H24Cl2N4O2S2. The van der Waals surface area contributed by atoms with Crippen molar-refractivity contribution in [3.05, 3.63) is 26.9 Å². The molecule has 2 aliphatic rings. The first-order valence-electron chi connectivity index (χ1n) is 8.70. The first kappa shape index (κ1) is 22.5. The minimum absolute atomic E-state index is 0. The fourth-order valence-corrected chi connectivity index (χ4v) is 4.84. The molecule has 0 aromatic carbocycles. The highest BCUT2D eigenvalue weighted by Crippen LogP contribution is 2.43. The molecule has 4 rings (SSSR count). The third kappa shape index (κ3) is 5.85. The van der Waals surface area contributed by atoms with Gasteiger partial charge in [-0.25, -0.2) is 0 Å². The highest BCUT2D eigenvalue weighted by atomic mass is 35.5. The third-order valence-electron chi connectivity index (χ3n) is 4.79. The van der Waals surface area contributed by atoms with E-state index >= 15 is 0 Å². The van der Waals surface area contributed by atoms with E-state index in [1.165, 1.54) is 35.5 Å². The molecule has 1 saturated heterocycles. The zero-order chi connectivity index (χ0) is 17.2. The van der Waals surface area contributed by atoms with Crippen LogP contribution in [0.3, 0.4) is 0 Å². The molecule has 0 radical (unpaired) electrons. The summed E-state index contributed by atoms with van der Waals surface area (Å²) in [4.78, 5) is 13.6. The van der Waals surface area contributed by atoms with Crippen molar-refractivity contribution < 1.29 is 9.53 Å². The van der Waals surface area contributed by atoms with Crippen molar-refractivity contribution in [3.63, 3.8) is 0 Å². The monoisotopic (exact) mass is 450 g/mol. The van der Waals surface area contributed by atoms with E-state index in [0.717, 1.165) is 30.7 Å². The van der Waals surface area contributed by atoms with Crippen LogP contribution in [0.1, 0.15) is 45.4 Å². The second-order valence-electron chi connectivity index (χ2n) is 6.73. The number of aryl methyl sites for hydroxylation is 1. The first-order valence-corrected chi connectivity index (χ1v) is 10.4. The molecule has 3 heterocycles. The molecule has 1 saturated carbocycles. The number of anilines is 1. The number of rotatable bonds is 6. The predicted octanol–water partition coefficient (Wildman–Crippen LogP) is 3.88. The summed E-state index contributed by atoms with van der Waals surface area (Å²) in [7, 11) is 0. The number of nitrogens with zero attached hydrogens (tertiary/aromatic N) is 2. The smallest absolute Gasteiger partial charge is 0.258 e. The summed E-state index contributed by atoms with van der Waals surface area (Å²) in [5.41, 5.74) is 0.711. The summed E-state index contributed by atoms with van der Waals surface area (Å²) in [6, 6.07) is 2.58. The van der Waals surface area contributed by atoms with Crippen molar-refractivity contribution in [1.82, 2.24) is 15.5 Å². The van der Waals surface area contributed by atoms with E-state index in [-0.39, 0.29) is 30.7 Å². The van der Waals surface area contributed by atoms with Gasteiger partial charge in [-0.15, -0.1) is 46.3 Å². The van der Waals surface area contributed by atoms with Gasteiger partial charge in [-0.2, -0.15) is 0 Å². The minimum Gasteiger partial charge on any atom is -0.381 e. The Morgan fingerprint density at radius 2 is 2.07 bits per heavy atom. The van der Waals surface area contributed by atoms with Gasteiger partial charge >= 0.3 is 0 Å². The normalized spacial score (nSPS) is 21.8. The Morgan fingerprint density at radius 3 is 2.78 bits per heavy atom. The summed E-state index contributed by atoms with van der Waals surface area (Å²) in [5, 5.41) is 17.7. The summed E-state index contributed by atoms with van der Waals surface area (Å²) in [5.74, 6) is 1.19. The second-order valence-corrected chi connectivity index (χ2v) is 8.86. The number of hydrogen-bond donors (Lipinski definition) is 2. The lowest BCUT2D eigenvalue weighted by Crippen LogP contribution is -2.29. The molecule has 2 aromatic heterocycles. The maximum absolute atomic E-state index is 12.3. The van der Waals surface area contributed by atoms with E-state index in [2.05, 4.69) is 20.8 Å². The standard InChI is InChI=1S/C17H22N4O2S2.2ClH/c1-10-20-21-17(25-10)19-16(22)12-6-15(24-9-12)13-7-14(13)18-8-11-2-4-23-5-3-11;;/h6,9,11,13-14,18H,2-5,7-8H2,1H3,(H,19,21,22);2*1H/t13-,14-;;/m0../s1. The van der Waals surface area contributed by atoms with Crippen molar-refractivity contribution >= 4 is 58.5 Å². The average Bonchev–Trinajstić information content (AvgIpc) is 3.02. The van der Waals surface area contributed by atoms with E-state index in [4.69, 9.17) is 4.74 Å². The van der Waals surface area contributed by atoms with Crippen LogP contribution in [-0.4, -0.2) is 41.9 Å². The fourth-order valence-electron chi connectivity index (χ4n) is 3.19. The van der Waals surface area contributed by atoms with Crippen LogP contribution in [0.25, 0.3) is 0 Å². The Bertz CT molecular complexity index is 749. The van der Waals surface area contributed by atoms with Gasteiger partial charge in [0.05, 0.1) is 5.56 Å². The molecule has 0 bridgehead atoms. The largest absolute Gasteiger partial charge is 0.381 e. The van der Waals surface area contributed by atoms with Crippen LogP contribution < -0.4 is 10.6 Å². The number of halogens is 2. The van der Waals surface area contributed by atoms with Crippen LogP contribution in [0.4, 0.5) is 5.13 Å². The maximum Gasteiger partial charge on any atom is 0.258 e. The molecule has 0 spiro atoms. The molecule has 1 amide bonds. The molecule has 2 aromatic rings. The van der Waals surface area contributed by atoms with Crippen molar-refractivity contribution in [2.24, 2.45) is 5.92 Å². The van der Waals surface area contributed by atoms with Crippen LogP contribution in [0.5, 0.6) is 0 Å². The molecule has 27 heavy (non-hydrogen) atoms. The highest BCUT2D eigenvalue weighted by Gasteiger charge is 2.39. The molecule has 2 fully saturated rings. The number of thiophene rings is 1. The molecule has 2 atom stereocenters. The van der Waals surface area contributed by atoms with Crippen LogP contribution >= 0.6 is 47.5 Å². The zero-order valence-electron chi connectivity index (χ0n) is 15.0. The summed E-state index contributed by atoms with van der Waals surface area (Å²) in [6.07, 6.45) is 3.50. The van der Waals surface area contributed by atoms with Crippen LogP contribution in [0.2, 0.25) is 0 Å². The number of hydrogen-bond acceptors (Lipinski definition) is 7. The van der Waals surface area contributed by atoms with Crippen molar-refractivity contribution in [2.45, 2.75) is 38.1 Å². The van der Waals surface area contributed by atoms with E-state index in [1.54, 1.807) is 11.3 Å². The van der Waals surface area contributed by atoms with Gasteiger partial charge < -0.3 is 10.1 Å². The Kier molecular flexibility index (Phi) is 8.45. The highest BCUT2D eigenvalue weighted by molar-refractivity contribution is 7.15. The topological polar surface area (TPSA) is 76.1 Å². The summed E-state index contributed by atoms with van der Waals surface area (Å²) in [6.45, 7) is 4.76. The minimum atomic E-state index is -0.106. The van der Waals surface area contributed by atoms with Gasteiger partial charge in [0.15, 0.2) is 0 Å². The van der Waals surface area contributed by atoms with E-state index < -0.39 is 0 Å². The van der Waals surface area contributed by atoms with Crippen LogP contribution in [0, 0.1) is 12.8 Å². The Labute approximate surface area is 179 Å². The molecule has 10 heteroatoms. The lowest BCUT2D eigenvalue weighted by molar-refractivity contribution is 0.0662. The number of amides is 1. The molecule has 2 N–H and O–H groups in total. The Balaban J connectivity index is 0.00000131. The van der Waals surface area contributed by atoms with Gasteiger partial charge in [-0.05, 0) is 44.7 Å². The van der Waals surface area contributed by atoms with Gasteiger partial charge in [-0.3, -0.25) is 10.1 Å². The van der Waals surface area contributed by atoms with Crippen molar-refractivity contribution in [2.75, 3.05) is 25.1 Å². The van der Waals surface area contributed by atoms with Gasteiger partial charge in [0, 0.05) is 35.4 Å². The number of carbonyl (C=O) groups excluding carboxylic acids is 1. The lowest BCUT2D eigenvalue weighted by Gasteiger charge is -2.22. The first-order chi connectivity index (χ1) is 12.2. The van der Waals surface area contributed by atoms with Gasteiger partial charge in [0.2, 0.25) is 5.13 Å². The molecule has 0 unspecified atom stereocenters. The SMILES string of the molecule is Cc1nnc(NC(=O)c2csc([C@H]3C[C@@H]3NCC3CCOCC3)c2)s1.Cl.Cl.